The molecule has 0 unspecified atom stereocenters. The van der Waals surface area contributed by atoms with Gasteiger partial charge in [0.05, 0.1) is 0 Å². The van der Waals surface area contributed by atoms with Crippen LogP contribution in [0, 0.1) is 5.41 Å². The molecule has 0 heterocycles. The van der Waals surface area contributed by atoms with Crippen molar-refractivity contribution in [1.82, 2.24) is 0 Å². The second kappa shape index (κ2) is 4.40. The molecule has 13 heavy (non-hydrogen) atoms. The molecule has 0 aromatic rings. The second-order valence-electron chi connectivity index (χ2n) is 3.93. The Morgan fingerprint density at radius 1 is 1.31 bits per heavy atom. The highest BCUT2D eigenvalue weighted by Gasteiger charge is 2.31. The van der Waals surface area contributed by atoms with Crippen LogP contribution in [-0.2, 0) is 9.59 Å². The van der Waals surface area contributed by atoms with Gasteiger partial charge in [-0.05, 0) is 19.3 Å². The van der Waals surface area contributed by atoms with Gasteiger partial charge in [-0.1, -0.05) is 19.3 Å². The first-order valence-electron chi connectivity index (χ1n) is 4.87. The van der Waals surface area contributed by atoms with Crippen LogP contribution in [0.3, 0.4) is 0 Å². The van der Waals surface area contributed by atoms with Gasteiger partial charge < -0.3 is 9.90 Å². The quantitative estimate of drug-likeness (QED) is 0.680. The van der Waals surface area contributed by atoms with Crippen molar-refractivity contribution in [3.63, 3.8) is 0 Å². The van der Waals surface area contributed by atoms with Crippen LogP contribution in [0.2, 0.25) is 0 Å². The van der Waals surface area contributed by atoms with E-state index in [2.05, 4.69) is 0 Å². The Bertz CT molecular complexity index is 192. The maximum atomic E-state index is 10.9. The van der Waals surface area contributed by atoms with E-state index in [0.29, 0.717) is 6.42 Å². The largest absolute Gasteiger partial charge is 0.481 e. The van der Waals surface area contributed by atoms with E-state index in [0.717, 1.165) is 32.0 Å². The molecule has 1 fully saturated rings. The first-order valence-corrected chi connectivity index (χ1v) is 4.87. The molecule has 0 amide bonds. The molecule has 0 saturated heterocycles. The number of hydrogen-bond donors (Lipinski definition) is 1. The summed E-state index contributed by atoms with van der Waals surface area (Å²) in [6.45, 7) is 0. The van der Waals surface area contributed by atoms with Gasteiger partial charge in [0.1, 0.15) is 6.29 Å². The lowest BCUT2D eigenvalue weighted by Crippen LogP contribution is -2.26. The smallest absolute Gasteiger partial charge is 0.303 e. The molecule has 0 bridgehead atoms. The minimum atomic E-state index is -0.799. The standard InChI is InChI=1S/C10H16O3/c11-8-10(7-4-9(12)13)5-2-1-3-6-10/h8H,1-7H2,(H,12,13). The normalized spacial score (nSPS) is 20.9. The van der Waals surface area contributed by atoms with E-state index in [-0.39, 0.29) is 11.8 Å². The predicted octanol–water partition coefficient (Wildman–Crippen LogP) is 2.00. The highest BCUT2D eigenvalue weighted by Crippen LogP contribution is 2.38. The third kappa shape index (κ3) is 2.83. The molecule has 1 aliphatic rings. The lowest BCUT2D eigenvalue weighted by Gasteiger charge is -2.31. The molecule has 0 atom stereocenters. The number of aliphatic carboxylic acids is 1. The van der Waals surface area contributed by atoms with E-state index < -0.39 is 5.97 Å². The van der Waals surface area contributed by atoms with Gasteiger partial charge in [0, 0.05) is 11.8 Å². The summed E-state index contributed by atoms with van der Waals surface area (Å²) in [7, 11) is 0. The van der Waals surface area contributed by atoms with Crippen molar-refractivity contribution < 1.29 is 14.7 Å². The summed E-state index contributed by atoms with van der Waals surface area (Å²) in [6.07, 6.45) is 6.70. The highest BCUT2D eigenvalue weighted by atomic mass is 16.4. The first-order chi connectivity index (χ1) is 6.18. The van der Waals surface area contributed by atoms with Crippen LogP contribution < -0.4 is 0 Å². The summed E-state index contributed by atoms with van der Waals surface area (Å²) in [6, 6.07) is 0. The summed E-state index contributed by atoms with van der Waals surface area (Å²) in [5, 5.41) is 8.54. The van der Waals surface area contributed by atoms with E-state index in [4.69, 9.17) is 5.11 Å². The number of aldehydes is 1. The summed E-state index contributed by atoms with van der Waals surface area (Å²) in [5.41, 5.74) is -0.309. The average Bonchev–Trinajstić information content (AvgIpc) is 2.16. The molecule has 74 valence electrons. The third-order valence-electron chi connectivity index (χ3n) is 2.94. The first kappa shape index (κ1) is 10.2. The number of carbonyl (C=O) groups is 2. The van der Waals surface area contributed by atoms with E-state index in [1.165, 1.54) is 6.42 Å². The average molecular weight is 184 g/mol. The summed E-state index contributed by atoms with van der Waals surface area (Å²) in [4.78, 5) is 21.3. The van der Waals surface area contributed by atoms with Gasteiger partial charge in [-0.15, -0.1) is 0 Å². The van der Waals surface area contributed by atoms with Crippen molar-refractivity contribution in [2.45, 2.75) is 44.9 Å². The van der Waals surface area contributed by atoms with Crippen LogP contribution in [0.4, 0.5) is 0 Å². The molecule has 0 spiro atoms. The van der Waals surface area contributed by atoms with Gasteiger partial charge in [0.15, 0.2) is 0 Å². The number of carbonyl (C=O) groups excluding carboxylic acids is 1. The zero-order valence-electron chi connectivity index (χ0n) is 7.79. The van der Waals surface area contributed by atoms with Crippen LogP contribution in [-0.4, -0.2) is 17.4 Å². The van der Waals surface area contributed by atoms with Crippen LogP contribution in [0.25, 0.3) is 0 Å². The molecular weight excluding hydrogens is 168 g/mol. The van der Waals surface area contributed by atoms with Crippen LogP contribution in [0.15, 0.2) is 0 Å². The van der Waals surface area contributed by atoms with Gasteiger partial charge >= 0.3 is 5.97 Å². The molecular formula is C10H16O3. The number of carboxylic acid groups (broad SMARTS) is 1. The number of hydrogen-bond acceptors (Lipinski definition) is 2. The molecule has 1 N–H and O–H groups in total. The monoisotopic (exact) mass is 184 g/mol. The van der Waals surface area contributed by atoms with Crippen molar-refractivity contribution >= 4 is 12.3 Å². The molecule has 0 aliphatic heterocycles. The Morgan fingerprint density at radius 2 is 1.92 bits per heavy atom. The van der Waals surface area contributed by atoms with Crippen LogP contribution in [0.5, 0.6) is 0 Å². The zero-order chi connectivity index (χ0) is 9.73. The van der Waals surface area contributed by atoms with Gasteiger partial charge in [-0.2, -0.15) is 0 Å². The second-order valence-corrected chi connectivity index (χ2v) is 3.93. The van der Waals surface area contributed by atoms with Crippen molar-refractivity contribution in [1.29, 1.82) is 0 Å². The van der Waals surface area contributed by atoms with Crippen molar-refractivity contribution in [2.75, 3.05) is 0 Å². The molecule has 1 saturated carbocycles. The van der Waals surface area contributed by atoms with Crippen molar-refractivity contribution in [3.8, 4) is 0 Å². The third-order valence-corrected chi connectivity index (χ3v) is 2.94. The lowest BCUT2D eigenvalue weighted by atomic mass is 9.72. The van der Waals surface area contributed by atoms with Crippen LogP contribution >= 0.6 is 0 Å². The Labute approximate surface area is 78.1 Å². The lowest BCUT2D eigenvalue weighted by molar-refractivity contribution is -0.138. The Hall–Kier alpha value is -0.860. The molecule has 0 radical (unpaired) electrons. The fourth-order valence-electron chi connectivity index (χ4n) is 2.04. The van der Waals surface area contributed by atoms with Crippen LogP contribution in [0.1, 0.15) is 44.9 Å². The number of carboxylic acids is 1. The zero-order valence-corrected chi connectivity index (χ0v) is 7.79. The molecule has 3 heteroatoms. The molecule has 1 rings (SSSR count). The fourth-order valence-corrected chi connectivity index (χ4v) is 2.04. The highest BCUT2D eigenvalue weighted by molar-refractivity contribution is 5.68. The van der Waals surface area contributed by atoms with Crippen molar-refractivity contribution in [3.05, 3.63) is 0 Å². The fraction of sp³-hybridized carbons (Fsp3) is 0.800. The Kier molecular flexibility index (Phi) is 3.46. The maximum absolute atomic E-state index is 10.9. The van der Waals surface area contributed by atoms with Gasteiger partial charge in [0.2, 0.25) is 0 Å². The van der Waals surface area contributed by atoms with Gasteiger partial charge in [-0.25, -0.2) is 0 Å². The Balaban J connectivity index is 2.47. The van der Waals surface area contributed by atoms with E-state index in [1.54, 1.807) is 0 Å². The van der Waals surface area contributed by atoms with E-state index in [9.17, 15) is 9.59 Å². The van der Waals surface area contributed by atoms with Gasteiger partial charge in [-0.3, -0.25) is 4.79 Å². The number of rotatable bonds is 4. The summed E-state index contributed by atoms with van der Waals surface area (Å²) in [5.74, 6) is -0.799. The summed E-state index contributed by atoms with van der Waals surface area (Å²) < 4.78 is 0. The Morgan fingerprint density at radius 3 is 2.38 bits per heavy atom. The minimum Gasteiger partial charge on any atom is -0.481 e. The molecule has 3 nitrogen and oxygen atoms in total. The van der Waals surface area contributed by atoms with E-state index in [1.807, 2.05) is 0 Å². The minimum absolute atomic E-state index is 0.124. The van der Waals surface area contributed by atoms with Gasteiger partial charge in [0.25, 0.3) is 0 Å². The van der Waals surface area contributed by atoms with Crippen molar-refractivity contribution in [2.24, 2.45) is 5.41 Å². The molecule has 0 aromatic carbocycles. The molecule has 1 aliphatic carbocycles. The maximum Gasteiger partial charge on any atom is 0.303 e. The SMILES string of the molecule is O=CC1(CCC(=O)O)CCCCC1. The van der Waals surface area contributed by atoms with E-state index >= 15 is 0 Å². The predicted molar refractivity (Wildman–Crippen MR) is 48.5 cm³/mol. The molecule has 0 aromatic heterocycles. The topological polar surface area (TPSA) is 54.4 Å². The summed E-state index contributed by atoms with van der Waals surface area (Å²) >= 11 is 0.